The molecule has 16 heavy (non-hydrogen) atoms. The van der Waals surface area contributed by atoms with Crippen LogP contribution >= 0.6 is 0 Å². The van der Waals surface area contributed by atoms with Crippen LogP contribution in [0.15, 0.2) is 11.6 Å². The van der Waals surface area contributed by atoms with Gasteiger partial charge in [0.25, 0.3) is 0 Å². The standard InChI is InChI=1S/C12H23NO2S/c1-12(2,3)16(14,15)13-10-9-11-7-5-4-6-8-11/h7,13H,4-6,8-10H2,1-3H3. The Hall–Kier alpha value is -0.350. The average molecular weight is 245 g/mol. The topological polar surface area (TPSA) is 46.2 Å². The highest BCUT2D eigenvalue weighted by Gasteiger charge is 2.28. The highest BCUT2D eigenvalue weighted by Crippen LogP contribution is 2.20. The number of hydrogen-bond acceptors (Lipinski definition) is 2. The summed E-state index contributed by atoms with van der Waals surface area (Å²) in [6, 6.07) is 0. The fourth-order valence-electron chi connectivity index (χ4n) is 1.69. The van der Waals surface area contributed by atoms with E-state index in [4.69, 9.17) is 0 Å². The molecule has 4 heteroatoms. The molecule has 1 rings (SSSR count). The molecular weight excluding hydrogens is 222 g/mol. The SMILES string of the molecule is CC(C)(C)S(=O)(=O)NCCC1=CCCCC1. The van der Waals surface area contributed by atoms with Crippen molar-refractivity contribution in [2.75, 3.05) is 6.54 Å². The van der Waals surface area contributed by atoms with Crippen LogP contribution in [-0.4, -0.2) is 19.7 Å². The van der Waals surface area contributed by atoms with Gasteiger partial charge in [-0.1, -0.05) is 11.6 Å². The lowest BCUT2D eigenvalue weighted by Crippen LogP contribution is -2.39. The predicted octanol–water partition coefficient (Wildman–Crippen LogP) is 2.59. The van der Waals surface area contributed by atoms with Crippen molar-refractivity contribution in [3.8, 4) is 0 Å². The molecule has 0 radical (unpaired) electrons. The molecule has 0 aromatic carbocycles. The van der Waals surface area contributed by atoms with Crippen molar-refractivity contribution in [1.82, 2.24) is 4.72 Å². The zero-order valence-electron chi connectivity index (χ0n) is 10.5. The first-order valence-corrected chi connectivity index (χ1v) is 7.48. The van der Waals surface area contributed by atoms with Crippen molar-refractivity contribution in [2.45, 2.75) is 57.6 Å². The fourth-order valence-corrected chi connectivity index (χ4v) is 2.50. The Morgan fingerprint density at radius 1 is 1.31 bits per heavy atom. The van der Waals surface area contributed by atoms with Crippen LogP contribution in [0.25, 0.3) is 0 Å². The second-order valence-corrected chi connectivity index (χ2v) is 7.89. The molecule has 0 amide bonds. The summed E-state index contributed by atoms with van der Waals surface area (Å²) in [6.45, 7) is 5.69. The monoisotopic (exact) mass is 245 g/mol. The molecule has 1 aliphatic rings. The first-order chi connectivity index (χ1) is 7.33. The largest absolute Gasteiger partial charge is 0.216 e. The van der Waals surface area contributed by atoms with Crippen LogP contribution in [0.5, 0.6) is 0 Å². The van der Waals surface area contributed by atoms with E-state index >= 15 is 0 Å². The number of hydrogen-bond donors (Lipinski definition) is 1. The lowest BCUT2D eigenvalue weighted by Gasteiger charge is -2.20. The van der Waals surface area contributed by atoms with Gasteiger partial charge in [0.2, 0.25) is 10.0 Å². The molecule has 0 atom stereocenters. The minimum absolute atomic E-state index is 0.533. The fraction of sp³-hybridized carbons (Fsp3) is 0.833. The summed E-state index contributed by atoms with van der Waals surface area (Å²) in [6.07, 6.45) is 7.93. The summed E-state index contributed by atoms with van der Waals surface area (Å²) in [5.41, 5.74) is 1.41. The lowest BCUT2D eigenvalue weighted by molar-refractivity contribution is 0.544. The molecule has 0 fully saturated rings. The van der Waals surface area contributed by atoms with E-state index in [1.807, 2.05) is 0 Å². The maximum absolute atomic E-state index is 11.8. The molecule has 0 aliphatic heterocycles. The molecule has 94 valence electrons. The third-order valence-electron chi connectivity index (χ3n) is 2.93. The zero-order valence-corrected chi connectivity index (χ0v) is 11.4. The number of nitrogens with one attached hydrogen (secondary N) is 1. The van der Waals surface area contributed by atoms with Gasteiger partial charge in [0.15, 0.2) is 0 Å². The van der Waals surface area contributed by atoms with E-state index in [0.717, 1.165) is 19.3 Å². The smallest absolute Gasteiger partial charge is 0.214 e. The predicted molar refractivity (Wildman–Crippen MR) is 67.8 cm³/mol. The van der Waals surface area contributed by atoms with Crippen LogP contribution in [0.4, 0.5) is 0 Å². The zero-order chi connectivity index (χ0) is 12.2. The molecular formula is C12H23NO2S. The van der Waals surface area contributed by atoms with E-state index in [0.29, 0.717) is 6.54 Å². The molecule has 0 aromatic rings. The van der Waals surface area contributed by atoms with Crippen LogP contribution in [-0.2, 0) is 10.0 Å². The summed E-state index contributed by atoms with van der Waals surface area (Å²) in [7, 11) is -3.18. The van der Waals surface area contributed by atoms with Gasteiger partial charge in [-0.3, -0.25) is 0 Å². The van der Waals surface area contributed by atoms with Crippen molar-refractivity contribution < 1.29 is 8.42 Å². The first-order valence-electron chi connectivity index (χ1n) is 6.00. The highest BCUT2D eigenvalue weighted by molar-refractivity contribution is 7.90. The second-order valence-electron chi connectivity index (χ2n) is 5.37. The van der Waals surface area contributed by atoms with E-state index < -0.39 is 14.8 Å². The normalized spacial score (nSPS) is 18.3. The van der Waals surface area contributed by atoms with E-state index in [1.165, 1.54) is 18.4 Å². The Balaban J connectivity index is 2.38. The van der Waals surface area contributed by atoms with Gasteiger partial charge in [0.05, 0.1) is 4.75 Å². The van der Waals surface area contributed by atoms with Crippen molar-refractivity contribution in [1.29, 1.82) is 0 Å². The molecule has 3 nitrogen and oxygen atoms in total. The number of sulfonamides is 1. The molecule has 1 N–H and O–H groups in total. The van der Waals surface area contributed by atoms with Gasteiger partial charge in [-0.2, -0.15) is 0 Å². The van der Waals surface area contributed by atoms with Crippen LogP contribution in [0, 0.1) is 0 Å². The molecule has 0 bridgehead atoms. The maximum atomic E-state index is 11.8. The van der Waals surface area contributed by atoms with Gasteiger partial charge in [0.1, 0.15) is 0 Å². The summed E-state index contributed by atoms with van der Waals surface area (Å²) >= 11 is 0. The minimum atomic E-state index is -3.18. The molecule has 0 unspecified atom stereocenters. The van der Waals surface area contributed by atoms with Crippen LogP contribution in [0.1, 0.15) is 52.9 Å². The van der Waals surface area contributed by atoms with E-state index in [9.17, 15) is 8.42 Å². The molecule has 0 aromatic heterocycles. The lowest BCUT2D eigenvalue weighted by atomic mass is 9.97. The van der Waals surface area contributed by atoms with Gasteiger partial charge in [-0.05, 0) is 52.9 Å². The number of rotatable bonds is 4. The summed E-state index contributed by atoms with van der Waals surface area (Å²) in [5.74, 6) is 0. The van der Waals surface area contributed by atoms with Crippen molar-refractivity contribution >= 4 is 10.0 Å². The van der Waals surface area contributed by atoms with Crippen LogP contribution in [0.2, 0.25) is 0 Å². The average Bonchev–Trinajstić information content (AvgIpc) is 2.17. The first kappa shape index (κ1) is 13.7. The summed E-state index contributed by atoms with van der Waals surface area (Å²) in [4.78, 5) is 0. The third kappa shape index (κ3) is 3.91. The summed E-state index contributed by atoms with van der Waals surface area (Å²) in [5, 5.41) is 0. The van der Waals surface area contributed by atoms with E-state index in [2.05, 4.69) is 10.8 Å². The van der Waals surface area contributed by atoms with Crippen LogP contribution < -0.4 is 4.72 Å². The Labute approximate surface area is 99.4 Å². The van der Waals surface area contributed by atoms with Crippen molar-refractivity contribution in [3.63, 3.8) is 0 Å². The second kappa shape index (κ2) is 5.32. The van der Waals surface area contributed by atoms with Gasteiger partial charge in [-0.15, -0.1) is 0 Å². The van der Waals surface area contributed by atoms with Gasteiger partial charge in [0, 0.05) is 6.54 Å². The Morgan fingerprint density at radius 2 is 2.00 bits per heavy atom. The van der Waals surface area contributed by atoms with Crippen molar-refractivity contribution in [3.05, 3.63) is 11.6 Å². The quantitative estimate of drug-likeness (QED) is 0.774. The van der Waals surface area contributed by atoms with E-state index in [1.54, 1.807) is 20.8 Å². The molecule has 0 saturated heterocycles. The Bertz CT molecular complexity index is 350. The third-order valence-corrected chi connectivity index (χ3v) is 5.13. The molecule has 1 aliphatic carbocycles. The molecule has 0 heterocycles. The van der Waals surface area contributed by atoms with Gasteiger partial charge >= 0.3 is 0 Å². The van der Waals surface area contributed by atoms with E-state index in [-0.39, 0.29) is 0 Å². The van der Waals surface area contributed by atoms with Crippen LogP contribution in [0.3, 0.4) is 0 Å². The molecule has 0 saturated carbocycles. The summed E-state index contributed by atoms with van der Waals surface area (Å²) < 4.78 is 25.5. The highest BCUT2D eigenvalue weighted by atomic mass is 32.2. The van der Waals surface area contributed by atoms with Crippen molar-refractivity contribution in [2.24, 2.45) is 0 Å². The maximum Gasteiger partial charge on any atom is 0.216 e. The number of allylic oxidation sites excluding steroid dienone is 1. The van der Waals surface area contributed by atoms with Gasteiger partial charge in [-0.25, -0.2) is 13.1 Å². The Morgan fingerprint density at radius 3 is 2.50 bits per heavy atom. The molecule has 0 spiro atoms. The Kier molecular flexibility index (Phi) is 4.56. The minimum Gasteiger partial charge on any atom is -0.214 e. The van der Waals surface area contributed by atoms with Gasteiger partial charge < -0.3 is 0 Å².